The lowest BCUT2D eigenvalue weighted by Crippen LogP contribution is -2.02. The van der Waals surface area contributed by atoms with Crippen molar-refractivity contribution in [1.29, 1.82) is 0 Å². The van der Waals surface area contributed by atoms with Crippen molar-refractivity contribution in [2.75, 3.05) is 0 Å². The smallest absolute Gasteiger partial charge is 0.337 e. The molecule has 1 aromatic carbocycles. The van der Waals surface area contributed by atoms with Crippen LogP contribution >= 0.6 is 0 Å². The summed E-state index contributed by atoms with van der Waals surface area (Å²) in [5.41, 5.74) is 2.84. The Bertz CT molecular complexity index is 678. The number of rotatable bonds is 4. The van der Waals surface area contributed by atoms with Crippen molar-refractivity contribution < 1.29 is 14.6 Å². The summed E-state index contributed by atoms with van der Waals surface area (Å²) < 4.78 is 5.81. The highest BCUT2D eigenvalue weighted by Gasteiger charge is 2.11. The molecule has 0 spiro atoms. The number of aromatic carboxylic acids is 1. The van der Waals surface area contributed by atoms with Crippen LogP contribution in [-0.2, 0) is 0 Å². The van der Waals surface area contributed by atoms with E-state index in [2.05, 4.69) is 24.9 Å². The Morgan fingerprint density at radius 1 is 1.19 bits per heavy atom. The SMILES string of the molecule is Cc1ccc(C(C)C)cc1Oc1ccc(C(=O)O)c(C)n1. The third kappa shape index (κ3) is 3.40. The molecule has 2 rings (SSSR count). The minimum absolute atomic E-state index is 0.190. The van der Waals surface area contributed by atoms with Crippen LogP contribution in [-0.4, -0.2) is 16.1 Å². The molecule has 0 atom stereocenters. The van der Waals surface area contributed by atoms with Gasteiger partial charge in [0.05, 0.1) is 11.3 Å². The molecule has 2 aromatic rings. The van der Waals surface area contributed by atoms with Gasteiger partial charge in [-0.25, -0.2) is 9.78 Å². The molecule has 4 heteroatoms. The number of hydrogen-bond donors (Lipinski definition) is 1. The maximum Gasteiger partial charge on any atom is 0.337 e. The van der Waals surface area contributed by atoms with Gasteiger partial charge in [0.15, 0.2) is 0 Å². The van der Waals surface area contributed by atoms with Crippen molar-refractivity contribution in [3.8, 4) is 11.6 Å². The van der Waals surface area contributed by atoms with E-state index in [0.29, 0.717) is 17.5 Å². The van der Waals surface area contributed by atoms with Crippen LogP contribution in [0.5, 0.6) is 11.6 Å². The Morgan fingerprint density at radius 2 is 1.90 bits per heavy atom. The number of carboxylic acids is 1. The molecule has 1 N–H and O–H groups in total. The second-order valence-electron chi connectivity index (χ2n) is 5.37. The highest BCUT2D eigenvalue weighted by atomic mass is 16.5. The van der Waals surface area contributed by atoms with Crippen molar-refractivity contribution in [2.24, 2.45) is 0 Å². The van der Waals surface area contributed by atoms with Crippen LogP contribution < -0.4 is 4.74 Å². The molecular weight excluding hydrogens is 266 g/mol. The van der Waals surface area contributed by atoms with Gasteiger partial charge in [-0.1, -0.05) is 26.0 Å². The molecule has 0 aliphatic carbocycles. The van der Waals surface area contributed by atoms with E-state index in [0.717, 1.165) is 11.3 Å². The summed E-state index contributed by atoms with van der Waals surface area (Å²) in [4.78, 5) is 15.2. The average molecular weight is 285 g/mol. The monoisotopic (exact) mass is 285 g/mol. The number of hydrogen-bond acceptors (Lipinski definition) is 3. The molecule has 1 heterocycles. The van der Waals surface area contributed by atoms with Gasteiger partial charge >= 0.3 is 5.97 Å². The highest BCUT2D eigenvalue weighted by Crippen LogP contribution is 2.28. The minimum Gasteiger partial charge on any atom is -0.478 e. The topological polar surface area (TPSA) is 59.4 Å². The zero-order valence-corrected chi connectivity index (χ0v) is 12.7. The summed E-state index contributed by atoms with van der Waals surface area (Å²) in [6.07, 6.45) is 0. The lowest BCUT2D eigenvalue weighted by atomic mass is 10.0. The molecule has 0 aliphatic rings. The Morgan fingerprint density at radius 3 is 2.48 bits per heavy atom. The maximum atomic E-state index is 11.0. The molecule has 0 bridgehead atoms. The Kier molecular flexibility index (Phi) is 4.26. The van der Waals surface area contributed by atoms with E-state index in [-0.39, 0.29) is 5.56 Å². The first-order valence-electron chi connectivity index (χ1n) is 6.88. The van der Waals surface area contributed by atoms with Gasteiger partial charge in [-0.05, 0) is 43.0 Å². The minimum atomic E-state index is -0.982. The van der Waals surface area contributed by atoms with Crippen molar-refractivity contribution >= 4 is 5.97 Å². The van der Waals surface area contributed by atoms with Crippen molar-refractivity contribution in [2.45, 2.75) is 33.6 Å². The maximum absolute atomic E-state index is 11.0. The normalized spacial score (nSPS) is 10.7. The van der Waals surface area contributed by atoms with E-state index in [9.17, 15) is 4.79 Å². The first kappa shape index (κ1) is 15.0. The molecule has 0 aliphatic heterocycles. The van der Waals surface area contributed by atoms with Crippen molar-refractivity contribution in [1.82, 2.24) is 4.98 Å². The molecule has 0 radical (unpaired) electrons. The molecule has 0 fully saturated rings. The predicted molar refractivity (Wildman–Crippen MR) is 81.3 cm³/mol. The Hall–Kier alpha value is -2.36. The average Bonchev–Trinajstić information content (AvgIpc) is 2.40. The molecule has 0 saturated heterocycles. The van der Waals surface area contributed by atoms with Gasteiger partial charge in [-0.15, -0.1) is 0 Å². The van der Waals surface area contributed by atoms with E-state index >= 15 is 0 Å². The van der Waals surface area contributed by atoms with E-state index < -0.39 is 5.97 Å². The predicted octanol–water partition coefficient (Wildman–Crippen LogP) is 4.31. The molecule has 110 valence electrons. The van der Waals surface area contributed by atoms with E-state index in [1.54, 1.807) is 13.0 Å². The van der Waals surface area contributed by atoms with Gasteiger partial charge in [0.2, 0.25) is 5.88 Å². The lowest BCUT2D eigenvalue weighted by molar-refractivity contribution is 0.0695. The summed E-state index contributed by atoms with van der Waals surface area (Å²) >= 11 is 0. The summed E-state index contributed by atoms with van der Waals surface area (Å²) in [6.45, 7) is 7.88. The van der Waals surface area contributed by atoms with Crippen LogP contribution in [0.3, 0.4) is 0 Å². The van der Waals surface area contributed by atoms with Crippen LogP contribution in [0.15, 0.2) is 30.3 Å². The van der Waals surface area contributed by atoms with Gasteiger partial charge in [0.1, 0.15) is 5.75 Å². The fourth-order valence-electron chi connectivity index (χ4n) is 2.02. The number of pyridine rings is 1. The number of nitrogens with zero attached hydrogens (tertiary/aromatic N) is 1. The van der Waals surface area contributed by atoms with Gasteiger partial charge in [0.25, 0.3) is 0 Å². The molecule has 1 aromatic heterocycles. The first-order chi connectivity index (χ1) is 9.88. The number of aryl methyl sites for hydroxylation is 2. The number of ether oxygens (including phenoxy) is 1. The second kappa shape index (κ2) is 5.95. The molecule has 0 saturated carbocycles. The van der Waals surface area contributed by atoms with Gasteiger partial charge in [-0.2, -0.15) is 0 Å². The largest absolute Gasteiger partial charge is 0.478 e. The lowest BCUT2D eigenvalue weighted by Gasteiger charge is -2.12. The van der Waals surface area contributed by atoms with Gasteiger partial charge in [-0.3, -0.25) is 0 Å². The zero-order chi connectivity index (χ0) is 15.6. The van der Waals surface area contributed by atoms with E-state index in [1.165, 1.54) is 11.6 Å². The second-order valence-corrected chi connectivity index (χ2v) is 5.37. The molecule has 21 heavy (non-hydrogen) atoms. The summed E-state index contributed by atoms with van der Waals surface area (Å²) in [5, 5.41) is 9.01. The van der Waals surface area contributed by atoms with Gasteiger partial charge < -0.3 is 9.84 Å². The summed E-state index contributed by atoms with van der Waals surface area (Å²) in [6, 6.07) is 9.20. The van der Waals surface area contributed by atoms with Crippen molar-refractivity contribution in [3.05, 3.63) is 52.7 Å². The van der Waals surface area contributed by atoms with Gasteiger partial charge in [0, 0.05) is 6.07 Å². The number of carboxylic acid groups (broad SMARTS) is 1. The van der Waals surface area contributed by atoms with E-state index in [4.69, 9.17) is 9.84 Å². The highest BCUT2D eigenvalue weighted by molar-refractivity contribution is 5.88. The third-order valence-corrected chi connectivity index (χ3v) is 3.38. The van der Waals surface area contributed by atoms with Crippen LogP contribution in [0.25, 0.3) is 0 Å². The number of benzene rings is 1. The first-order valence-corrected chi connectivity index (χ1v) is 6.88. The van der Waals surface area contributed by atoms with Crippen LogP contribution in [0.1, 0.15) is 46.9 Å². The number of carbonyl (C=O) groups is 1. The standard InChI is InChI=1S/C17H19NO3/c1-10(2)13-6-5-11(3)15(9-13)21-16-8-7-14(17(19)20)12(4)18-16/h5-10H,1-4H3,(H,19,20). The quantitative estimate of drug-likeness (QED) is 0.909. The van der Waals surface area contributed by atoms with Crippen LogP contribution in [0.4, 0.5) is 0 Å². The van der Waals surface area contributed by atoms with E-state index in [1.807, 2.05) is 19.1 Å². The van der Waals surface area contributed by atoms with Crippen LogP contribution in [0, 0.1) is 13.8 Å². The molecular formula is C17H19NO3. The summed E-state index contributed by atoms with van der Waals surface area (Å²) in [5.74, 6) is 0.583. The summed E-state index contributed by atoms with van der Waals surface area (Å²) in [7, 11) is 0. The fourth-order valence-corrected chi connectivity index (χ4v) is 2.02. The molecule has 4 nitrogen and oxygen atoms in total. The van der Waals surface area contributed by atoms with Crippen LogP contribution in [0.2, 0.25) is 0 Å². The van der Waals surface area contributed by atoms with Crippen molar-refractivity contribution in [3.63, 3.8) is 0 Å². The number of aromatic nitrogens is 1. The Balaban J connectivity index is 2.32. The third-order valence-electron chi connectivity index (χ3n) is 3.38. The molecule has 0 unspecified atom stereocenters. The molecule has 0 amide bonds. The Labute approximate surface area is 124 Å². The fraction of sp³-hybridized carbons (Fsp3) is 0.294. The zero-order valence-electron chi connectivity index (χ0n) is 12.7.